The maximum Gasteiger partial charge on any atom is 0.274 e. The van der Waals surface area contributed by atoms with Gasteiger partial charge in [-0.2, -0.15) is 5.26 Å². The number of aromatic nitrogens is 3. The molecule has 1 unspecified atom stereocenters. The maximum atomic E-state index is 13.7. The summed E-state index contributed by atoms with van der Waals surface area (Å²) in [7, 11) is 3.21. The second kappa shape index (κ2) is 9.67. The zero-order chi connectivity index (χ0) is 27.1. The number of hydrogen-bond acceptors (Lipinski definition) is 7. The summed E-state index contributed by atoms with van der Waals surface area (Å²) in [6.07, 6.45) is 1.82. The first-order chi connectivity index (χ1) is 19.0. The highest BCUT2D eigenvalue weighted by Gasteiger charge is 2.34. The van der Waals surface area contributed by atoms with Gasteiger partial charge in [0.1, 0.15) is 27.8 Å². The number of nitriles is 1. The third kappa shape index (κ3) is 4.07. The van der Waals surface area contributed by atoms with Gasteiger partial charge in [-0.25, -0.2) is 4.98 Å². The topological polar surface area (TPSA) is 119 Å². The molecule has 9 heteroatoms. The van der Waals surface area contributed by atoms with Gasteiger partial charge in [0.15, 0.2) is 0 Å². The van der Waals surface area contributed by atoms with Gasteiger partial charge in [0, 0.05) is 5.57 Å². The summed E-state index contributed by atoms with van der Waals surface area (Å²) in [6, 6.07) is 24.9. The summed E-state index contributed by atoms with van der Waals surface area (Å²) < 4.78 is 13.1. The van der Waals surface area contributed by atoms with Gasteiger partial charge in [-0.05, 0) is 53.6 Å². The number of thiazole rings is 1. The molecule has 5 aromatic rings. The lowest BCUT2D eigenvalue weighted by atomic mass is 9.83. The lowest BCUT2D eigenvalue weighted by molar-refractivity contribution is 0.414. The van der Waals surface area contributed by atoms with E-state index in [-0.39, 0.29) is 17.0 Å². The molecule has 39 heavy (non-hydrogen) atoms. The third-order valence-corrected chi connectivity index (χ3v) is 7.88. The number of allylic oxidation sites excluding steroid dienone is 1. The number of benzene rings is 3. The van der Waals surface area contributed by atoms with Gasteiger partial charge in [0.2, 0.25) is 0 Å². The Morgan fingerprint density at radius 3 is 2.33 bits per heavy atom. The highest BCUT2D eigenvalue weighted by molar-refractivity contribution is 7.07. The van der Waals surface area contributed by atoms with Crippen LogP contribution in [-0.4, -0.2) is 28.8 Å². The standard InChI is InChI=1S/C30H23N5O3S/c1-37-19-11-7-17(8-12-19)15-24-29(36)35-27(32)21(16-31)25(18-9-13-20(38-2)14-10-18)26(30(35)39-24)28-33-22-5-3-4-6-23(22)34-28/h3-15,25H,32H2,1-2H3,(H,33,34)/b24-15-. The van der Waals surface area contributed by atoms with Gasteiger partial charge < -0.3 is 20.2 Å². The van der Waals surface area contributed by atoms with Gasteiger partial charge >= 0.3 is 0 Å². The molecule has 3 heterocycles. The minimum Gasteiger partial charge on any atom is -0.497 e. The van der Waals surface area contributed by atoms with Gasteiger partial charge in [-0.3, -0.25) is 9.36 Å². The Kier molecular flexibility index (Phi) is 6.02. The third-order valence-electron chi connectivity index (χ3n) is 6.78. The molecule has 3 aromatic carbocycles. The number of para-hydroxylation sites is 2. The van der Waals surface area contributed by atoms with E-state index >= 15 is 0 Å². The SMILES string of the molecule is COc1ccc(/C=c2\sc3n(c2=O)C(N)=C(C#N)C(c2ccc(OC)cc2)C=3c2nc3ccccc3[nH]2)cc1. The summed E-state index contributed by atoms with van der Waals surface area (Å²) in [4.78, 5) is 22.0. The van der Waals surface area contributed by atoms with E-state index in [1.165, 1.54) is 15.9 Å². The molecule has 0 radical (unpaired) electrons. The number of H-pyrrole nitrogens is 1. The fourth-order valence-corrected chi connectivity index (χ4v) is 6.02. The van der Waals surface area contributed by atoms with E-state index in [0.717, 1.165) is 27.9 Å². The van der Waals surface area contributed by atoms with Crippen LogP contribution in [0.5, 0.6) is 11.5 Å². The number of ether oxygens (including phenoxy) is 2. The molecule has 0 saturated carbocycles. The summed E-state index contributed by atoms with van der Waals surface area (Å²) in [5.74, 6) is 1.56. The Morgan fingerprint density at radius 1 is 1.03 bits per heavy atom. The van der Waals surface area contributed by atoms with Crippen molar-refractivity contribution in [1.29, 1.82) is 5.26 Å². The number of nitrogens with zero attached hydrogens (tertiary/aromatic N) is 3. The van der Waals surface area contributed by atoms with Crippen LogP contribution in [0.1, 0.15) is 22.9 Å². The number of fused-ring (bicyclic) bond motifs is 2. The molecule has 6 rings (SSSR count). The zero-order valence-electron chi connectivity index (χ0n) is 21.1. The quantitative estimate of drug-likeness (QED) is 0.358. The van der Waals surface area contributed by atoms with Gasteiger partial charge in [0.25, 0.3) is 5.56 Å². The normalized spacial score (nSPS) is 15.4. The van der Waals surface area contributed by atoms with E-state index in [2.05, 4.69) is 11.1 Å². The first-order valence-corrected chi connectivity index (χ1v) is 12.9. The van der Waals surface area contributed by atoms with Crippen molar-refractivity contribution >= 4 is 39.8 Å². The fourth-order valence-electron chi connectivity index (χ4n) is 4.84. The van der Waals surface area contributed by atoms with E-state index in [0.29, 0.717) is 26.3 Å². The number of aromatic amines is 1. The molecule has 1 aliphatic rings. The molecule has 0 spiro atoms. The molecule has 0 bridgehead atoms. The Bertz CT molecular complexity index is 1940. The average Bonchev–Trinajstić information content (AvgIpc) is 3.54. The molecule has 1 aliphatic heterocycles. The smallest absolute Gasteiger partial charge is 0.274 e. The monoisotopic (exact) mass is 533 g/mol. The van der Waals surface area contributed by atoms with Gasteiger partial charge in [-0.15, -0.1) is 11.3 Å². The molecule has 0 fully saturated rings. The molecule has 192 valence electrons. The zero-order valence-corrected chi connectivity index (χ0v) is 22.0. The van der Waals surface area contributed by atoms with Crippen molar-refractivity contribution in [3.05, 3.63) is 115 Å². The molecule has 2 aromatic heterocycles. The summed E-state index contributed by atoms with van der Waals surface area (Å²) in [5.41, 5.74) is 10.6. The van der Waals surface area contributed by atoms with Crippen molar-refractivity contribution in [2.24, 2.45) is 5.73 Å². The van der Waals surface area contributed by atoms with Crippen LogP contribution in [0, 0.1) is 11.3 Å². The van der Waals surface area contributed by atoms with Crippen LogP contribution in [0.3, 0.4) is 0 Å². The van der Waals surface area contributed by atoms with Gasteiger partial charge in [0.05, 0.1) is 47.3 Å². The first kappa shape index (κ1) is 24.3. The van der Waals surface area contributed by atoms with Crippen LogP contribution in [0.15, 0.2) is 83.2 Å². The fraction of sp³-hybridized carbons (Fsp3) is 0.100. The molecule has 3 N–H and O–H groups in total. The maximum absolute atomic E-state index is 13.7. The van der Waals surface area contributed by atoms with E-state index < -0.39 is 5.92 Å². The Balaban J connectivity index is 1.68. The summed E-state index contributed by atoms with van der Waals surface area (Å²) in [5, 5.41) is 10.3. The predicted octanol–water partition coefficient (Wildman–Crippen LogP) is 3.28. The van der Waals surface area contributed by atoms with Crippen molar-refractivity contribution in [2.45, 2.75) is 5.92 Å². The Hall–Kier alpha value is -5.07. The van der Waals surface area contributed by atoms with Crippen molar-refractivity contribution in [3.8, 4) is 17.6 Å². The van der Waals surface area contributed by atoms with E-state index in [1.54, 1.807) is 14.2 Å². The number of nitrogens with one attached hydrogen (secondary N) is 1. The number of hydrogen-bond donors (Lipinski definition) is 2. The number of nitrogens with two attached hydrogens (primary N) is 1. The number of methoxy groups -OCH3 is 2. The second-order valence-corrected chi connectivity index (χ2v) is 9.99. The largest absolute Gasteiger partial charge is 0.497 e. The lowest BCUT2D eigenvalue weighted by Gasteiger charge is -2.25. The average molecular weight is 534 g/mol. The van der Waals surface area contributed by atoms with Crippen LogP contribution in [-0.2, 0) is 0 Å². The number of rotatable bonds is 5. The summed E-state index contributed by atoms with van der Waals surface area (Å²) >= 11 is 1.32. The van der Waals surface area contributed by atoms with Crippen LogP contribution >= 0.6 is 11.3 Å². The van der Waals surface area contributed by atoms with Crippen LogP contribution < -0.4 is 30.0 Å². The van der Waals surface area contributed by atoms with Crippen molar-refractivity contribution in [2.75, 3.05) is 14.2 Å². The minimum absolute atomic E-state index is 0.115. The Labute approximate surface area is 227 Å². The van der Waals surface area contributed by atoms with Crippen LogP contribution in [0.4, 0.5) is 0 Å². The highest BCUT2D eigenvalue weighted by Crippen LogP contribution is 2.39. The lowest BCUT2D eigenvalue weighted by Crippen LogP contribution is -2.38. The van der Waals surface area contributed by atoms with E-state index in [9.17, 15) is 10.1 Å². The van der Waals surface area contributed by atoms with Crippen molar-refractivity contribution < 1.29 is 9.47 Å². The second-order valence-electron chi connectivity index (χ2n) is 8.96. The number of imidazole rings is 1. The molecule has 1 atom stereocenters. The molecule has 0 aliphatic carbocycles. The summed E-state index contributed by atoms with van der Waals surface area (Å²) in [6.45, 7) is 0. The van der Waals surface area contributed by atoms with E-state index in [1.807, 2.05) is 78.9 Å². The molecular weight excluding hydrogens is 510 g/mol. The van der Waals surface area contributed by atoms with E-state index in [4.69, 9.17) is 20.2 Å². The molecule has 8 nitrogen and oxygen atoms in total. The highest BCUT2D eigenvalue weighted by atomic mass is 32.1. The first-order valence-electron chi connectivity index (χ1n) is 12.1. The predicted molar refractivity (Wildman–Crippen MR) is 152 cm³/mol. The molecule has 0 amide bonds. The van der Waals surface area contributed by atoms with Crippen molar-refractivity contribution in [1.82, 2.24) is 14.5 Å². The van der Waals surface area contributed by atoms with Gasteiger partial charge in [-0.1, -0.05) is 36.4 Å². The minimum atomic E-state index is -0.548. The van der Waals surface area contributed by atoms with Crippen LogP contribution in [0.25, 0.3) is 28.5 Å². The van der Waals surface area contributed by atoms with Crippen molar-refractivity contribution in [3.63, 3.8) is 0 Å². The molecular formula is C30H23N5O3S. The molecule has 0 saturated heterocycles. The van der Waals surface area contributed by atoms with Crippen LogP contribution in [0.2, 0.25) is 0 Å². The Morgan fingerprint density at radius 2 is 1.69 bits per heavy atom.